The Labute approximate surface area is 122 Å². The maximum absolute atomic E-state index is 12.4. The second kappa shape index (κ2) is 5.59. The fourth-order valence-electron chi connectivity index (χ4n) is 3.93. The monoisotopic (exact) mass is 271 g/mol. The average Bonchev–Trinajstić information content (AvgIpc) is 3.10. The van der Waals surface area contributed by atoms with Gasteiger partial charge in [-0.25, -0.2) is 0 Å². The lowest BCUT2D eigenvalue weighted by molar-refractivity contribution is -0.121. The van der Waals surface area contributed by atoms with E-state index in [2.05, 4.69) is 31.3 Å². The van der Waals surface area contributed by atoms with E-state index in [0.29, 0.717) is 11.8 Å². The summed E-state index contributed by atoms with van der Waals surface area (Å²) in [5.74, 6) is 2.57. The fourth-order valence-corrected chi connectivity index (χ4v) is 3.93. The average molecular weight is 271 g/mol. The molecule has 0 aromatic heterocycles. The number of hydrogen-bond acceptors (Lipinski definition) is 1. The Balaban J connectivity index is 1.61. The third-order valence-electron chi connectivity index (χ3n) is 5.43. The van der Waals surface area contributed by atoms with Crippen LogP contribution in [0.4, 0.5) is 5.69 Å². The van der Waals surface area contributed by atoms with Crippen molar-refractivity contribution >= 4 is 11.6 Å². The molecular formula is C18H25NO. The first-order chi connectivity index (χ1) is 9.67. The molecule has 1 amide bonds. The van der Waals surface area contributed by atoms with Gasteiger partial charge in [-0.05, 0) is 61.1 Å². The second-order valence-corrected chi connectivity index (χ2v) is 6.70. The van der Waals surface area contributed by atoms with Crippen LogP contribution in [-0.4, -0.2) is 5.91 Å². The smallest absolute Gasteiger partial charge is 0.227 e. The first kappa shape index (κ1) is 13.7. The van der Waals surface area contributed by atoms with Gasteiger partial charge in [0.2, 0.25) is 5.91 Å². The van der Waals surface area contributed by atoms with Crippen LogP contribution in [0.3, 0.4) is 0 Å². The van der Waals surface area contributed by atoms with Gasteiger partial charge >= 0.3 is 0 Å². The molecule has 0 saturated heterocycles. The van der Waals surface area contributed by atoms with E-state index in [1.54, 1.807) is 0 Å². The van der Waals surface area contributed by atoms with Gasteiger partial charge in [0.25, 0.3) is 0 Å². The van der Waals surface area contributed by atoms with Gasteiger partial charge < -0.3 is 5.32 Å². The van der Waals surface area contributed by atoms with E-state index in [4.69, 9.17) is 0 Å². The van der Waals surface area contributed by atoms with Crippen molar-refractivity contribution in [3.8, 4) is 0 Å². The molecule has 108 valence electrons. The molecule has 0 aliphatic heterocycles. The Morgan fingerprint density at radius 2 is 2.00 bits per heavy atom. The summed E-state index contributed by atoms with van der Waals surface area (Å²) >= 11 is 0. The molecule has 2 aliphatic carbocycles. The summed E-state index contributed by atoms with van der Waals surface area (Å²) in [6.07, 6.45) is 6.15. The molecule has 3 rings (SSSR count). The largest absolute Gasteiger partial charge is 0.326 e. The Bertz CT molecular complexity index is 479. The molecule has 2 saturated carbocycles. The molecule has 1 aromatic rings. The number of carbonyl (C=O) groups is 1. The van der Waals surface area contributed by atoms with Gasteiger partial charge in [0.15, 0.2) is 0 Å². The van der Waals surface area contributed by atoms with Crippen LogP contribution >= 0.6 is 0 Å². The summed E-state index contributed by atoms with van der Waals surface area (Å²) in [4.78, 5) is 12.4. The molecule has 2 aliphatic rings. The number of rotatable bonds is 4. The lowest BCUT2D eigenvalue weighted by atomic mass is 9.88. The van der Waals surface area contributed by atoms with E-state index in [1.165, 1.54) is 24.8 Å². The Morgan fingerprint density at radius 3 is 2.55 bits per heavy atom. The SMILES string of the molecule is CC[C@H](C)c1ccc(NC(=O)[C@@H]2C[C@@H]3CC[C@@H]2C3)cc1. The third-order valence-corrected chi connectivity index (χ3v) is 5.43. The van der Waals surface area contributed by atoms with Crippen LogP contribution in [0.5, 0.6) is 0 Å². The van der Waals surface area contributed by atoms with Gasteiger partial charge in [0, 0.05) is 11.6 Å². The second-order valence-electron chi connectivity index (χ2n) is 6.70. The normalized spacial score (nSPS) is 29.4. The highest BCUT2D eigenvalue weighted by atomic mass is 16.1. The van der Waals surface area contributed by atoms with Crippen molar-refractivity contribution in [1.82, 2.24) is 0 Å². The van der Waals surface area contributed by atoms with Crippen molar-refractivity contribution in [3.63, 3.8) is 0 Å². The number of carbonyl (C=O) groups excluding carboxylic acids is 1. The molecule has 4 atom stereocenters. The van der Waals surface area contributed by atoms with Crippen LogP contribution in [0.1, 0.15) is 57.4 Å². The van der Waals surface area contributed by atoms with Gasteiger partial charge in [0.1, 0.15) is 0 Å². The predicted octanol–water partition coefficient (Wildman–Crippen LogP) is 4.57. The quantitative estimate of drug-likeness (QED) is 0.853. The maximum Gasteiger partial charge on any atom is 0.227 e. The van der Waals surface area contributed by atoms with Gasteiger partial charge in [-0.2, -0.15) is 0 Å². The van der Waals surface area contributed by atoms with Crippen molar-refractivity contribution in [3.05, 3.63) is 29.8 Å². The summed E-state index contributed by atoms with van der Waals surface area (Å²) in [6.45, 7) is 4.44. The molecule has 0 heterocycles. The van der Waals surface area contributed by atoms with Crippen LogP contribution in [-0.2, 0) is 4.79 Å². The van der Waals surface area contributed by atoms with Crippen LogP contribution in [0.25, 0.3) is 0 Å². The summed E-state index contributed by atoms with van der Waals surface area (Å²) in [5.41, 5.74) is 2.30. The molecule has 1 aromatic carbocycles. The topological polar surface area (TPSA) is 29.1 Å². The van der Waals surface area contributed by atoms with Gasteiger partial charge in [-0.3, -0.25) is 4.79 Å². The molecular weight excluding hydrogens is 246 g/mol. The Kier molecular flexibility index (Phi) is 3.82. The van der Waals surface area contributed by atoms with Gasteiger partial charge in [0.05, 0.1) is 0 Å². The zero-order chi connectivity index (χ0) is 14.1. The van der Waals surface area contributed by atoms with E-state index in [-0.39, 0.29) is 11.8 Å². The third kappa shape index (κ3) is 2.61. The molecule has 0 radical (unpaired) electrons. The Morgan fingerprint density at radius 1 is 1.25 bits per heavy atom. The molecule has 0 unspecified atom stereocenters. The van der Waals surface area contributed by atoms with Gasteiger partial charge in [-0.15, -0.1) is 0 Å². The molecule has 2 heteroatoms. The van der Waals surface area contributed by atoms with Crippen molar-refractivity contribution in [2.75, 3.05) is 5.32 Å². The zero-order valence-electron chi connectivity index (χ0n) is 12.6. The van der Waals surface area contributed by atoms with Crippen molar-refractivity contribution in [2.45, 2.75) is 51.9 Å². The maximum atomic E-state index is 12.4. The first-order valence-corrected chi connectivity index (χ1v) is 8.08. The van der Waals surface area contributed by atoms with Crippen LogP contribution in [0.2, 0.25) is 0 Å². The minimum Gasteiger partial charge on any atom is -0.326 e. The number of hydrogen-bond donors (Lipinski definition) is 1. The number of fused-ring (bicyclic) bond motifs is 2. The highest BCUT2D eigenvalue weighted by Gasteiger charge is 2.42. The summed E-state index contributed by atoms with van der Waals surface area (Å²) in [5, 5.41) is 3.11. The molecule has 2 bridgehead atoms. The van der Waals surface area contributed by atoms with E-state index in [9.17, 15) is 4.79 Å². The Hall–Kier alpha value is -1.31. The van der Waals surface area contributed by atoms with E-state index in [1.807, 2.05) is 12.1 Å². The highest BCUT2D eigenvalue weighted by Crippen LogP contribution is 2.48. The summed E-state index contributed by atoms with van der Waals surface area (Å²) in [6, 6.07) is 8.38. The molecule has 20 heavy (non-hydrogen) atoms. The number of amides is 1. The molecule has 0 spiro atoms. The van der Waals surface area contributed by atoms with Crippen molar-refractivity contribution < 1.29 is 4.79 Å². The summed E-state index contributed by atoms with van der Waals surface area (Å²) in [7, 11) is 0. The molecule has 1 N–H and O–H groups in total. The van der Waals surface area contributed by atoms with Crippen LogP contribution in [0.15, 0.2) is 24.3 Å². The van der Waals surface area contributed by atoms with E-state index in [0.717, 1.165) is 24.4 Å². The highest BCUT2D eigenvalue weighted by molar-refractivity contribution is 5.93. The first-order valence-electron chi connectivity index (χ1n) is 8.08. The minimum absolute atomic E-state index is 0.244. The molecule has 2 nitrogen and oxygen atoms in total. The van der Waals surface area contributed by atoms with Crippen molar-refractivity contribution in [2.24, 2.45) is 17.8 Å². The van der Waals surface area contributed by atoms with E-state index < -0.39 is 0 Å². The standard InChI is InChI=1S/C18H25NO/c1-3-12(2)14-6-8-16(9-7-14)19-18(20)17-11-13-4-5-15(17)10-13/h6-9,12-13,15,17H,3-5,10-11H2,1-2H3,(H,19,20)/t12-,13+,15+,17+/m0/s1. The lowest BCUT2D eigenvalue weighted by Gasteiger charge is -2.21. The number of benzene rings is 1. The zero-order valence-corrected chi connectivity index (χ0v) is 12.6. The number of anilines is 1. The minimum atomic E-state index is 0.244. The fraction of sp³-hybridized carbons (Fsp3) is 0.611. The number of nitrogens with one attached hydrogen (secondary N) is 1. The van der Waals surface area contributed by atoms with Crippen LogP contribution in [0, 0.1) is 17.8 Å². The lowest BCUT2D eigenvalue weighted by Crippen LogP contribution is -2.27. The van der Waals surface area contributed by atoms with Gasteiger partial charge in [-0.1, -0.05) is 32.4 Å². The predicted molar refractivity (Wildman–Crippen MR) is 82.7 cm³/mol. The van der Waals surface area contributed by atoms with Crippen LogP contribution < -0.4 is 5.32 Å². The van der Waals surface area contributed by atoms with Crippen molar-refractivity contribution in [1.29, 1.82) is 0 Å². The summed E-state index contributed by atoms with van der Waals surface area (Å²) < 4.78 is 0. The van der Waals surface area contributed by atoms with E-state index >= 15 is 0 Å². The molecule has 2 fully saturated rings.